The van der Waals surface area contributed by atoms with Crippen molar-refractivity contribution in [2.24, 2.45) is 0 Å². The molecule has 1 aromatic heterocycles. The molecule has 0 aliphatic rings. The van der Waals surface area contributed by atoms with Gasteiger partial charge in [-0.25, -0.2) is 4.98 Å². The van der Waals surface area contributed by atoms with Gasteiger partial charge in [0.05, 0.1) is 17.1 Å². The third-order valence-electron chi connectivity index (χ3n) is 2.95. The van der Waals surface area contributed by atoms with E-state index in [0.29, 0.717) is 34.0 Å². The smallest absolute Gasteiger partial charge is 0.280 e. The summed E-state index contributed by atoms with van der Waals surface area (Å²) in [6.07, 6.45) is 1.44. The lowest BCUT2D eigenvalue weighted by Crippen LogP contribution is -3.08. The number of quaternary nitrogens is 1. The van der Waals surface area contributed by atoms with Crippen LogP contribution in [0.5, 0.6) is 0 Å². The van der Waals surface area contributed by atoms with Crippen molar-refractivity contribution < 1.29 is 9.69 Å². The Morgan fingerprint density at radius 2 is 1.86 bits per heavy atom. The second-order valence-corrected chi connectivity index (χ2v) is 6.25. The summed E-state index contributed by atoms with van der Waals surface area (Å²) in [6.45, 7) is 1.01. The van der Waals surface area contributed by atoms with Crippen LogP contribution in [0.2, 0.25) is 15.1 Å². The second-order valence-electron chi connectivity index (χ2n) is 4.97. The van der Waals surface area contributed by atoms with Crippen LogP contribution in [0.3, 0.4) is 0 Å². The minimum absolute atomic E-state index is 0.164. The first-order chi connectivity index (χ1) is 10.4. The number of carbonyl (C=O) groups excluding carboxylic acids is 1. The first-order valence-corrected chi connectivity index (χ1v) is 7.74. The minimum Gasteiger partial charge on any atom is -0.326 e. The summed E-state index contributed by atoms with van der Waals surface area (Å²) in [6, 6.07) is 9.10. The Hall–Kier alpha value is -1.33. The van der Waals surface area contributed by atoms with E-state index in [0.717, 1.165) is 10.5 Å². The van der Waals surface area contributed by atoms with E-state index in [1.807, 2.05) is 31.3 Å². The van der Waals surface area contributed by atoms with Crippen LogP contribution < -0.4 is 10.2 Å². The van der Waals surface area contributed by atoms with Gasteiger partial charge in [0, 0.05) is 16.8 Å². The van der Waals surface area contributed by atoms with Crippen molar-refractivity contribution in [1.29, 1.82) is 0 Å². The van der Waals surface area contributed by atoms with E-state index in [9.17, 15) is 4.79 Å². The van der Waals surface area contributed by atoms with Crippen LogP contribution >= 0.6 is 34.8 Å². The summed E-state index contributed by atoms with van der Waals surface area (Å²) in [7, 11) is 1.94. The Morgan fingerprint density at radius 1 is 1.18 bits per heavy atom. The van der Waals surface area contributed by atoms with Crippen LogP contribution in [-0.2, 0) is 11.3 Å². The molecule has 0 aliphatic carbocycles. The molecule has 4 nitrogen and oxygen atoms in total. The van der Waals surface area contributed by atoms with Crippen molar-refractivity contribution in [2.75, 3.05) is 18.9 Å². The van der Waals surface area contributed by atoms with E-state index in [2.05, 4.69) is 10.3 Å². The Kier molecular flexibility index (Phi) is 6.03. The van der Waals surface area contributed by atoms with E-state index in [1.165, 1.54) is 12.3 Å². The van der Waals surface area contributed by atoms with Gasteiger partial charge in [0.1, 0.15) is 6.54 Å². The highest BCUT2D eigenvalue weighted by atomic mass is 35.5. The number of amides is 1. The van der Waals surface area contributed by atoms with Gasteiger partial charge in [-0.1, -0.05) is 46.9 Å². The zero-order valence-corrected chi connectivity index (χ0v) is 14.1. The quantitative estimate of drug-likeness (QED) is 0.862. The number of hydrogen-bond acceptors (Lipinski definition) is 2. The maximum atomic E-state index is 12.0. The lowest BCUT2D eigenvalue weighted by atomic mass is 10.2. The van der Waals surface area contributed by atoms with Crippen LogP contribution in [0.25, 0.3) is 0 Å². The van der Waals surface area contributed by atoms with Crippen molar-refractivity contribution in [3.63, 3.8) is 0 Å². The molecule has 1 unspecified atom stereocenters. The molecule has 0 aliphatic heterocycles. The van der Waals surface area contributed by atoms with Crippen LogP contribution in [0, 0.1) is 0 Å². The molecule has 22 heavy (non-hydrogen) atoms. The molecule has 116 valence electrons. The number of pyridine rings is 1. The summed E-state index contributed by atoms with van der Waals surface area (Å²) in [5.74, 6) is 0.151. The van der Waals surface area contributed by atoms with E-state index in [-0.39, 0.29) is 5.91 Å². The van der Waals surface area contributed by atoms with Crippen molar-refractivity contribution in [2.45, 2.75) is 6.54 Å². The number of rotatable bonds is 5. The number of hydrogen-bond donors (Lipinski definition) is 2. The number of likely N-dealkylation sites (N-methyl/N-ethyl adjacent to an activating group) is 1. The minimum atomic E-state index is -0.164. The van der Waals surface area contributed by atoms with Crippen LogP contribution in [-0.4, -0.2) is 24.5 Å². The predicted octanol–water partition coefficient (Wildman–Crippen LogP) is 2.70. The van der Waals surface area contributed by atoms with Gasteiger partial charge in [-0.3, -0.25) is 4.79 Å². The van der Waals surface area contributed by atoms with E-state index >= 15 is 0 Å². The molecular weight excluding hydrogens is 345 g/mol. The molecule has 7 heteroatoms. The standard InChI is InChI=1S/C15H14Cl3N3O/c1-21(8-10-2-4-11(16)5-3-10)9-14(22)20-15-13(18)6-12(17)7-19-15/h2-7H,8-9H2,1H3,(H,19,20,22)/p+1. The number of carbonyl (C=O) groups is 1. The summed E-state index contributed by atoms with van der Waals surface area (Å²) < 4.78 is 0. The van der Waals surface area contributed by atoms with E-state index in [1.54, 1.807) is 0 Å². The molecule has 2 aromatic rings. The highest BCUT2D eigenvalue weighted by molar-refractivity contribution is 6.36. The summed E-state index contributed by atoms with van der Waals surface area (Å²) in [5.41, 5.74) is 1.11. The van der Waals surface area contributed by atoms with Crippen LogP contribution in [0.1, 0.15) is 5.56 Å². The topological polar surface area (TPSA) is 46.4 Å². The molecule has 0 saturated heterocycles. The first kappa shape index (κ1) is 17.0. The summed E-state index contributed by atoms with van der Waals surface area (Å²) >= 11 is 17.6. The lowest BCUT2D eigenvalue weighted by molar-refractivity contribution is -0.885. The fourth-order valence-electron chi connectivity index (χ4n) is 1.97. The molecule has 0 bridgehead atoms. The molecule has 1 aromatic carbocycles. The Morgan fingerprint density at radius 3 is 2.50 bits per heavy atom. The maximum absolute atomic E-state index is 12.0. The maximum Gasteiger partial charge on any atom is 0.280 e. The Balaban J connectivity index is 1.89. The van der Waals surface area contributed by atoms with Crippen LogP contribution in [0.15, 0.2) is 36.5 Å². The molecule has 2 rings (SSSR count). The number of benzene rings is 1. The van der Waals surface area contributed by atoms with Crippen LogP contribution in [0.4, 0.5) is 5.82 Å². The molecular formula is C15H15Cl3N3O+. The normalized spacial score (nSPS) is 12.0. The fraction of sp³-hybridized carbons (Fsp3) is 0.200. The largest absolute Gasteiger partial charge is 0.326 e. The van der Waals surface area contributed by atoms with Gasteiger partial charge in [0.15, 0.2) is 12.4 Å². The zero-order chi connectivity index (χ0) is 16.1. The lowest BCUT2D eigenvalue weighted by Gasteiger charge is -2.14. The molecule has 2 N–H and O–H groups in total. The SMILES string of the molecule is C[NH+](CC(=O)Nc1ncc(Cl)cc1Cl)Cc1ccc(Cl)cc1. The number of halogens is 3. The number of aromatic nitrogens is 1. The molecule has 0 fully saturated rings. The zero-order valence-electron chi connectivity index (χ0n) is 11.9. The number of nitrogens with one attached hydrogen (secondary N) is 2. The number of anilines is 1. The summed E-state index contributed by atoms with van der Waals surface area (Å²) in [4.78, 5) is 17.1. The van der Waals surface area contributed by atoms with Gasteiger partial charge in [-0.15, -0.1) is 0 Å². The van der Waals surface area contributed by atoms with Gasteiger partial charge in [-0.2, -0.15) is 0 Å². The van der Waals surface area contributed by atoms with Crippen molar-refractivity contribution in [3.8, 4) is 0 Å². The van der Waals surface area contributed by atoms with Gasteiger partial charge in [0.2, 0.25) is 0 Å². The van der Waals surface area contributed by atoms with Gasteiger partial charge in [0.25, 0.3) is 5.91 Å². The monoisotopic (exact) mass is 358 g/mol. The van der Waals surface area contributed by atoms with Gasteiger partial charge in [-0.05, 0) is 18.2 Å². The molecule has 1 atom stereocenters. The molecule has 1 amide bonds. The Bertz CT molecular complexity index is 662. The van der Waals surface area contributed by atoms with E-state index < -0.39 is 0 Å². The fourth-order valence-corrected chi connectivity index (χ4v) is 2.52. The first-order valence-electron chi connectivity index (χ1n) is 6.60. The third kappa shape index (κ3) is 5.14. The molecule has 0 saturated carbocycles. The third-order valence-corrected chi connectivity index (χ3v) is 3.69. The summed E-state index contributed by atoms with van der Waals surface area (Å²) in [5, 5.41) is 4.12. The highest BCUT2D eigenvalue weighted by Gasteiger charge is 2.13. The van der Waals surface area contributed by atoms with Gasteiger partial charge < -0.3 is 10.2 Å². The van der Waals surface area contributed by atoms with Crippen molar-refractivity contribution in [3.05, 3.63) is 57.2 Å². The Labute approximate surface area is 144 Å². The molecule has 0 spiro atoms. The van der Waals surface area contributed by atoms with Crippen molar-refractivity contribution >= 4 is 46.5 Å². The molecule has 1 heterocycles. The van der Waals surface area contributed by atoms with Crippen molar-refractivity contribution in [1.82, 2.24) is 4.98 Å². The highest BCUT2D eigenvalue weighted by Crippen LogP contribution is 2.22. The number of nitrogens with zero attached hydrogens (tertiary/aromatic N) is 1. The predicted molar refractivity (Wildman–Crippen MR) is 89.8 cm³/mol. The second kappa shape index (κ2) is 7.79. The average molecular weight is 360 g/mol. The molecule has 0 radical (unpaired) electrons. The average Bonchev–Trinajstić information content (AvgIpc) is 2.44. The van der Waals surface area contributed by atoms with Gasteiger partial charge >= 0.3 is 0 Å². The van der Waals surface area contributed by atoms with E-state index in [4.69, 9.17) is 34.8 Å².